The minimum atomic E-state index is -0.419. The summed E-state index contributed by atoms with van der Waals surface area (Å²) in [5, 5.41) is 1.66. The lowest BCUT2D eigenvalue weighted by atomic mass is 10.2. The van der Waals surface area contributed by atoms with Gasteiger partial charge in [-0.05, 0) is 42.3 Å². The van der Waals surface area contributed by atoms with Crippen molar-refractivity contribution in [2.75, 3.05) is 13.2 Å². The van der Waals surface area contributed by atoms with E-state index < -0.39 is 5.97 Å². The van der Waals surface area contributed by atoms with Crippen molar-refractivity contribution >= 4 is 21.9 Å². The van der Waals surface area contributed by atoms with Gasteiger partial charge in [-0.1, -0.05) is 40.2 Å². The van der Waals surface area contributed by atoms with Crippen molar-refractivity contribution in [1.29, 1.82) is 0 Å². The zero-order valence-corrected chi connectivity index (χ0v) is 15.0. The van der Waals surface area contributed by atoms with Gasteiger partial charge < -0.3 is 4.74 Å². The highest BCUT2D eigenvalue weighted by Gasteiger charge is 2.12. The normalized spacial score (nSPS) is 10.8. The first-order chi connectivity index (χ1) is 11.6. The predicted octanol–water partition coefficient (Wildman–Crippen LogP) is 4.09. The van der Waals surface area contributed by atoms with Crippen molar-refractivity contribution in [3.63, 3.8) is 0 Å². The summed E-state index contributed by atoms with van der Waals surface area (Å²) in [6.45, 7) is 2.81. The minimum absolute atomic E-state index is 0.161. The molecule has 6 heteroatoms. The maximum Gasteiger partial charge on any atom is 0.334 e. The molecule has 0 atom stereocenters. The Morgan fingerprint density at radius 2 is 1.58 bits per heavy atom. The molecule has 0 spiro atoms. The zero-order chi connectivity index (χ0) is 17.4. The maximum absolute atomic E-state index is 13.0. The lowest BCUT2D eigenvalue weighted by Gasteiger charge is -2.21. The van der Waals surface area contributed by atoms with Crippen LogP contribution in [0.5, 0.6) is 0 Å². The number of hydrogen-bond acceptors (Lipinski definition) is 4. The molecule has 0 heterocycles. The Morgan fingerprint density at radius 3 is 2.12 bits per heavy atom. The minimum Gasteiger partial charge on any atom is -0.464 e. The van der Waals surface area contributed by atoms with Gasteiger partial charge in [-0.15, -0.1) is 0 Å². The average molecular weight is 396 g/mol. The molecule has 0 saturated carbocycles. The Kier molecular flexibility index (Phi) is 7.36. The molecule has 0 amide bonds. The summed E-state index contributed by atoms with van der Waals surface area (Å²) in [6, 6.07) is 14.0. The van der Waals surface area contributed by atoms with Gasteiger partial charge in [-0.2, -0.15) is 5.06 Å². The predicted molar refractivity (Wildman–Crippen MR) is 92.4 cm³/mol. The number of benzene rings is 2. The quantitative estimate of drug-likeness (QED) is 0.498. The molecule has 4 nitrogen and oxygen atoms in total. The lowest BCUT2D eigenvalue weighted by Crippen LogP contribution is -2.27. The van der Waals surface area contributed by atoms with E-state index in [1.165, 1.54) is 12.1 Å². The van der Waals surface area contributed by atoms with E-state index in [4.69, 9.17) is 9.57 Å². The molecule has 0 radical (unpaired) electrons. The molecule has 0 N–H and O–H groups in total. The fourth-order valence-corrected chi connectivity index (χ4v) is 2.35. The number of rotatable bonds is 8. The highest BCUT2D eigenvalue weighted by molar-refractivity contribution is 9.10. The van der Waals surface area contributed by atoms with Gasteiger partial charge in [0.1, 0.15) is 5.82 Å². The molecule has 0 aliphatic carbocycles. The van der Waals surface area contributed by atoms with E-state index in [2.05, 4.69) is 15.9 Å². The van der Waals surface area contributed by atoms with Crippen LogP contribution < -0.4 is 0 Å². The Hall–Kier alpha value is -1.76. The first kappa shape index (κ1) is 18.6. The largest absolute Gasteiger partial charge is 0.464 e. The van der Waals surface area contributed by atoms with E-state index in [0.717, 1.165) is 15.6 Å². The fraction of sp³-hybridized carbons (Fsp3) is 0.278. The second-order valence-corrected chi connectivity index (χ2v) is 6.05. The van der Waals surface area contributed by atoms with E-state index in [9.17, 15) is 9.18 Å². The van der Waals surface area contributed by atoms with Gasteiger partial charge in [0.15, 0.2) is 6.61 Å². The summed E-state index contributed by atoms with van der Waals surface area (Å²) in [4.78, 5) is 17.1. The van der Waals surface area contributed by atoms with Crippen molar-refractivity contribution in [2.24, 2.45) is 0 Å². The number of halogens is 2. The van der Waals surface area contributed by atoms with E-state index in [1.54, 1.807) is 24.1 Å². The summed E-state index contributed by atoms with van der Waals surface area (Å²) in [7, 11) is 0. The molecule has 0 fully saturated rings. The van der Waals surface area contributed by atoms with Crippen LogP contribution >= 0.6 is 15.9 Å². The van der Waals surface area contributed by atoms with Crippen LogP contribution in [0.3, 0.4) is 0 Å². The molecule has 2 aromatic carbocycles. The van der Waals surface area contributed by atoms with Gasteiger partial charge in [-0.25, -0.2) is 9.18 Å². The third-order valence-electron chi connectivity index (χ3n) is 3.21. The van der Waals surface area contributed by atoms with Gasteiger partial charge in [0.2, 0.25) is 0 Å². The van der Waals surface area contributed by atoms with Crippen molar-refractivity contribution in [2.45, 2.75) is 20.0 Å². The molecule has 2 aromatic rings. The van der Waals surface area contributed by atoms with Crippen LogP contribution in [-0.2, 0) is 27.5 Å². The number of esters is 1. The fourth-order valence-electron chi connectivity index (χ4n) is 2.08. The molecule has 0 unspecified atom stereocenters. The Bertz CT molecular complexity index is 599. The zero-order valence-electron chi connectivity index (χ0n) is 13.4. The van der Waals surface area contributed by atoms with Crippen LogP contribution in [0, 0.1) is 5.82 Å². The van der Waals surface area contributed by atoms with Gasteiger partial charge >= 0.3 is 5.97 Å². The Balaban J connectivity index is 2.03. The topological polar surface area (TPSA) is 38.8 Å². The van der Waals surface area contributed by atoms with E-state index in [-0.39, 0.29) is 12.4 Å². The number of nitrogens with zero attached hydrogens (tertiary/aromatic N) is 1. The summed E-state index contributed by atoms with van der Waals surface area (Å²) in [5.41, 5.74) is 1.92. The van der Waals surface area contributed by atoms with Crippen LogP contribution in [0.4, 0.5) is 4.39 Å². The second kappa shape index (κ2) is 9.52. The monoisotopic (exact) mass is 395 g/mol. The van der Waals surface area contributed by atoms with Crippen molar-refractivity contribution in [1.82, 2.24) is 5.06 Å². The Labute approximate surface area is 149 Å². The number of ether oxygens (including phenoxy) is 1. The summed E-state index contributed by atoms with van der Waals surface area (Å²) >= 11 is 3.40. The van der Waals surface area contributed by atoms with Gasteiger partial charge in [0.25, 0.3) is 0 Å². The van der Waals surface area contributed by atoms with Crippen molar-refractivity contribution < 1.29 is 18.8 Å². The lowest BCUT2D eigenvalue weighted by molar-refractivity contribution is -0.193. The van der Waals surface area contributed by atoms with E-state index >= 15 is 0 Å². The van der Waals surface area contributed by atoms with Crippen LogP contribution in [0.15, 0.2) is 53.0 Å². The summed E-state index contributed by atoms with van der Waals surface area (Å²) in [5.74, 6) is -0.705. The third kappa shape index (κ3) is 6.39. The SMILES string of the molecule is CCOC(=O)CON(Cc1ccc(F)cc1)Cc1ccc(Br)cc1. The third-order valence-corrected chi connectivity index (χ3v) is 3.74. The molecule has 0 aliphatic rings. The molecular formula is C18H19BrFNO3. The highest BCUT2D eigenvalue weighted by atomic mass is 79.9. The Morgan fingerprint density at radius 1 is 1.04 bits per heavy atom. The van der Waals surface area contributed by atoms with Gasteiger partial charge in [0, 0.05) is 17.6 Å². The summed E-state index contributed by atoms with van der Waals surface area (Å²) in [6.07, 6.45) is 0. The molecule has 24 heavy (non-hydrogen) atoms. The standard InChI is InChI=1S/C18H19BrFNO3/c1-2-23-18(22)13-24-21(11-14-3-7-16(19)8-4-14)12-15-5-9-17(20)10-6-15/h3-10H,2,11-13H2,1H3. The van der Waals surface area contributed by atoms with Crippen LogP contribution in [0.2, 0.25) is 0 Å². The number of carbonyl (C=O) groups excluding carboxylic acids is 1. The number of hydrogen-bond donors (Lipinski definition) is 0. The number of hydroxylamine groups is 2. The van der Waals surface area contributed by atoms with Gasteiger partial charge in [0.05, 0.1) is 6.61 Å². The average Bonchev–Trinajstić information content (AvgIpc) is 2.57. The molecule has 128 valence electrons. The number of carbonyl (C=O) groups is 1. The molecule has 0 saturated heterocycles. The molecule has 0 bridgehead atoms. The van der Waals surface area contributed by atoms with Crippen molar-refractivity contribution in [3.05, 3.63) is 69.9 Å². The van der Waals surface area contributed by atoms with E-state index in [1.807, 2.05) is 24.3 Å². The van der Waals surface area contributed by atoms with Crippen LogP contribution in [0.25, 0.3) is 0 Å². The second-order valence-electron chi connectivity index (χ2n) is 5.13. The first-order valence-corrected chi connectivity index (χ1v) is 8.38. The van der Waals surface area contributed by atoms with Crippen molar-refractivity contribution in [3.8, 4) is 0 Å². The highest BCUT2D eigenvalue weighted by Crippen LogP contribution is 2.15. The van der Waals surface area contributed by atoms with Crippen LogP contribution in [-0.4, -0.2) is 24.2 Å². The summed E-state index contributed by atoms with van der Waals surface area (Å²) < 4.78 is 18.9. The molecule has 2 rings (SSSR count). The molecule has 0 aromatic heterocycles. The molecule has 0 aliphatic heterocycles. The van der Waals surface area contributed by atoms with Gasteiger partial charge in [-0.3, -0.25) is 4.84 Å². The first-order valence-electron chi connectivity index (χ1n) is 7.59. The van der Waals surface area contributed by atoms with E-state index in [0.29, 0.717) is 19.7 Å². The molecular weight excluding hydrogens is 377 g/mol. The smallest absolute Gasteiger partial charge is 0.334 e. The maximum atomic E-state index is 13.0. The van der Waals surface area contributed by atoms with Crippen LogP contribution in [0.1, 0.15) is 18.1 Å².